The average molecular weight is 551 g/mol. The SMILES string of the molecule is CCn1nc(CCc2cccc(-c3cccc(C(N)=O)c3)c2)cc(NC(=O)Nc2c(Cl)cncc2Cl)c1=O. The van der Waals surface area contributed by atoms with Crippen LogP contribution >= 0.6 is 23.2 Å². The Bertz CT molecular complexity index is 1550. The van der Waals surface area contributed by atoms with Gasteiger partial charge in [0.15, 0.2) is 0 Å². The molecule has 0 radical (unpaired) electrons. The number of anilines is 2. The molecule has 0 bridgehead atoms. The summed E-state index contributed by atoms with van der Waals surface area (Å²) in [5.41, 5.74) is 9.18. The lowest BCUT2D eigenvalue weighted by Gasteiger charge is -2.12. The standard InChI is InChI=1S/C27H24Cl2N6O3/c1-2-35-26(37)23(32-27(38)33-24-21(28)14-31-15-22(24)29)13-20(34-35)10-9-16-5-3-6-17(11-16)18-7-4-8-19(12-18)25(30)36/h3-8,11-15H,2,9-10H2,1H3,(H2,30,36)(H2,31,32,33,38). The molecule has 2 heterocycles. The van der Waals surface area contributed by atoms with E-state index in [2.05, 4.69) is 20.7 Å². The Morgan fingerprint density at radius 3 is 2.32 bits per heavy atom. The Labute approximate surface area is 228 Å². The number of aryl methyl sites for hydroxylation is 3. The van der Waals surface area contributed by atoms with Gasteiger partial charge in [-0.25, -0.2) is 9.48 Å². The molecule has 9 nitrogen and oxygen atoms in total. The van der Waals surface area contributed by atoms with Crippen LogP contribution in [-0.4, -0.2) is 26.7 Å². The van der Waals surface area contributed by atoms with Gasteiger partial charge < -0.3 is 16.4 Å². The molecule has 4 rings (SSSR count). The van der Waals surface area contributed by atoms with Gasteiger partial charge in [0.25, 0.3) is 5.56 Å². The van der Waals surface area contributed by atoms with Crippen LogP contribution in [0.2, 0.25) is 10.0 Å². The van der Waals surface area contributed by atoms with Crippen molar-refractivity contribution in [3.05, 3.63) is 104 Å². The van der Waals surface area contributed by atoms with Gasteiger partial charge in [-0.15, -0.1) is 0 Å². The molecule has 4 aromatic rings. The van der Waals surface area contributed by atoms with Crippen LogP contribution in [0.1, 0.15) is 28.5 Å². The molecule has 194 valence electrons. The fourth-order valence-corrected chi connectivity index (χ4v) is 4.31. The molecule has 2 aromatic heterocycles. The molecule has 0 atom stereocenters. The van der Waals surface area contributed by atoms with Crippen molar-refractivity contribution in [2.75, 3.05) is 10.6 Å². The molecule has 3 amide bonds. The smallest absolute Gasteiger partial charge is 0.323 e. The first kappa shape index (κ1) is 26.8. The van der Waals surface area contributed by atoms with Crippen LogP contribution in [0.3, 0.4) is 0 Å². The molecule has 0 aliphatic heterocycles. The number of nitrogens with one attached hydrogen (secondary N) is 2. The van der Waals surface area contributed by atoms with E-state index in [-0.39, 0.29) is 21.4 Å². The number of carbonyl (C=O) groups is 2. The van der Waals surface area contributed by atoms with Gasteiger partial charge >= 0.3 is 6.03 Å². The molecule has 0 saturated carbocycles. The van der Waals surface area contributed by atoms with E-state index in [1.165, 1.54) is 17.1 Å². The summed E-state index contributed by atoms with van der Waals surface area (Å²) >= 11 is 12.1. The number of hydrogen-bond acceptors (Lipinski definition) is 5. The monoisotopic (exact) mass is 550 g/mol. The third-order valence-corrected chi connectivity index (χ3v) is 6.31. The summed E-state index contributed by atoms with van der Waals surface area (Å²) in [4.78, 5) is 40.8. The van der Waals surface area contributed by atoms with Gasteiger partial charge in [-0.1, -0.05) is 59.6 Å². The number of rotatable bonds is 8. The van der Waals surface area contributed by atoms with Crippen LogP contribution in [0.15, 0.2) is 71.8 Å². The molecular weight excluding hydrogens is 527 g/mol. The Kier molecular flexibility index (Phi) is 8.40. The zero-order valence-electron chi connectivity index (χ0n) is 20.4. The second-order valence-corrected chi connectivity index (χ2v) is 9.19. The molecule has 0 aliphatic carbocycles. The number of primary amides is 1. The number of nitrogens with zero attached hydrogens (tertiary/aromatic N) is 3. The predicted molar refractivity (Wildman–Crippen MR) is 149 cm³/mol. The van der Waals surface area contributed by atoms with Gasteiger partial charge in [0.05, 0.1) is 21.4 Å². The minimum atomic E-state index is -0.678. The predicted octanol–water partition coefficient (Wildman–Crippen LogP) is 5.16. The van der Waals surface area contributed by atoms with Crippen molar-refractivity contribution in [2.24, 2.45) is 5.73 Å². The quantitative estimate of drug-likeness (QED) is 0.278. The number of halogens is 2. The molecule has 2 aromatic carbocycles. The van der Waals surface area contributed by atoms with Gasteiger partial charge in [-0.05, 0) is 54.7 Å². The van der Waals surface area contributed by atoms with E-state index >= 15 is 0 Å². The van der Waals surface area contributed by atoms with Gasteiger partial charge in [-0.3, -0.25) is 14.6 Å². The summed E-state index contributed by atoms with van der Waals surface area (Å²) in [5.74, 6) is -0.481. The highest BCUT2D eigenvalue weighted by molar-refractivity contribution is 6.39. The summed E-state index contributed by atoms with van der Waals surface area (Å²) in [5, 5.41) is 9.88. The van der Waals surface area contributed by atoms with Gasteiger partial charge in [0, 0.05) is 24.5 Å². The van der Waals surface area contributed by atoms with Crippen LogP contribution < -0.4 is 21.9 Å². The maximum Gasteiger partial charge on any atom is 0.323 e. The third kappa shape index (κ3) is 6.37. The first-order chi connectivity index (χ1) is 18.2. The summed E-state index contributed by atoms with van der Waals surface area (Å²) in [6, 6.07) is 16.0. The Hall–Kier alpha value is -4.21. The van der Waals surface area contributed by atoms with Gasteiger partial charge in [-0.2, -0.15) is 5.10 Å². The first-order valence-corrected chi connectivity index (χ1v) is 12.5. The van der Waals surface area contributed by atoms with E-state index in [0.29, 0.717) is 30.6 Å². The average Bonchev–Trinajstić information content (AvgIpc) is 2.91. The highest BCUT2D eigenvalue weighted by atomic mass is 35.5. The van der Waals surface area contributed by atoms with Crippen molar-refractivity contribution in [2.45, 2.75) is 26.3 Å². The summed E-state index contributed by atoms with van der Waals surface area (Å²) in [6.45, 7) is 2.12. The van der Waals surface area contributed by atoms with Crippen molar-refractivity contribution in [1.82, 2.24) is 14.8 Å². The van der Waals surface area contributed by atoms with Gasteiger partial charge in [0.2, 0.25) is 5.91 Å². The molecule has 0 aliphatic rings. The van der Waals surface area contributed by atoms with Crippen molar-refractivity contribution >= 4 is 46.5 Å². The first-order valence-electron chi connectivity index (χ1n) is 11.7. The van der Waals surface area contributed by atoms with Gasteiger partial charge in [0.1, 0.15) is 5.69 Å². The van der Waals surface area contributed by atoms with Crippen LogP contribution in [0.4, 0.5) is 16.2 Å². The number of amides is 3. The van der Waals surface area contributed by atoms with Crippen LogP contribution in [0, 0.1) is 0 Å². The second-order valence-electron chi connectivity index (χ2n) is 8.37. The summed E-state index contributed by atoms with van der Waals surface area (Å²) in [7, 11) is 0. The van der Waals surface area contributed by atoms with Crippen LogP contribution in [0.5, 0.6) is 0 Å². The fraction of sp³-hybridized carbons (Fsp3) is 0.148. The fourth-order valence-electron chi connectivity index (χ4n) is 3.85. The molecule has 4 N–H and O–H groups in total. The summed E-state index contributed by atoms with van der Waals surface area (Å²) < 4.78 is 1.29. The highest BCUT2D eigenvalue weighted by Gasteiger charge is 2.14. The number of carbonyl (C=O) groups excluding carboxylic acids is 2. The zero-order chi connectivity index (χ0) is 27.2. The van der Waals surface area contributed by atoms with Crippen molar-refractivity contribution in [1.29, 1.82) is 0 Å². The highest BCUT2D eigenvalue weighted by Crippen LogP contribution is 2.28. The Balaban J connectivity index is 1.51. The Morgan fingerprint density at radius 1 is 0.947 bits per heavy atom. The number of urea groups is 1. The molecule has 0 spiro atoms. The Morgan fingerprint density at radius 2 is 1.63 bits per heavy atom. The third-order valence-electron chi connectivity index (χ3n) is 5.74. The maximum absolute atomic E-state index is 12.8. The topological polar surface area (TPSA) is 132 Å². The molecule has 0 saturated heterocycles. The number of aromatic nitrogens is 3. The van der Waals surface area contributed by atoms with E-state index in [9.17, 15) is 14.4 Å². The second kappa shape index (κ2) is 11.9. The van der Waals surface area contributed by atoms with E-state index in [1.54, 1.807) is 31.2 Å². The zero-order valence-corrected chi connectivity index (χ0v) is 21.9. The summed E-state index contributed by atoms with van der Waals surface area (Å²) in [6.07, 6.45) is 3.84. The van der Waals surface area contributed by atoms with Crippen molar-refractivity contribution < 1.29 is 9.59 Å². The maximum atomic E-state index is 12.8. The lowest BCUT2D eigenvalue weighted by atomic mass is 9.99. The van der Waals surface area contributed by atoms with Crippen LogP contribution in [0.25, 0.3) is 11.1 Å². The number of benzene rings is 2. The molecule has 11 heteroatoms. The normalized spacial score (nSPS) is 10.7. The number of pyridine rings is 1. The van der Waals surface area contributed by atoms with E-state index in [1.807, 2.05) is 30.3 Å². The van der Waals surface area contributed by atoms with E-state index in [4.69, 9.17) is 28.9 Å². The minimum absolute atomic E-state index is 0.0765. The van der Waals surface area contributed by atoms with E-state index in [0.717, 1.165) is 16.7 Å². The largest absolute Gasteiger partial charge is 0.366 e. The lowest BCUT2D eigenvalue weighted by Crippen LogP contribution is -2.30. The minimum Gasteiger partial charge on any atom is -0.366 e. The number of nitrogens with two attached hydrogens (primary N) is 1. The molecule has 0 unspecified atom stereocenters. The van der Waals surface area contributed by atoms with E-state index < -0.39 is 17.5 Å². The molecule has 0 fully saturated rings. The van der Waals surface area contributed by atoms with Crippen LogP contribution in [-0.2, 0) is 19.4 Å². The van der Waals surface area contributed by atoms with Crippen molar-refractivity contribution in [3.8, 4) is 11.1 Å². The number of hydrogen-bond donors (Lipinski definition) is 3. The molecular formula is C27H24Cl2N6O3. The lowest BCUT2D eigenvalue weighted by molar-refractivity contribution is 0.100. The van der Waals surface area contributed by atoms with Crippen molar-refractivity contribution in [3.63, 3.8) is 0 Å². The molecule has 38 heavy (non-hydrogen) atoms.